The van der Waals surface area contributed by atoms with Crippen molar-refractivity contribution in [3.05, 3.63) is 30.0 Å². The van der Waals surface area contributed by atoms with Gasteiger partial charge in [-0.15, -0.1) is 0 Å². The lowest BCUT2D eigenvalue weighted by Crippen LogP contribution is -2.58. The summed E-state index contributed by atoms with van der Waals surface area (Å²) in [6.45, 7) is 9.27. The second kappa shape index (κ2) is 9.91. The number of fused-ring (bicyclic) bond motifs is 1. The maximum Gasteiger partial charge on any atom is 0.229 e. The molecule has 5 atom stereocenters. The second-order valence-corrected chi connectivity index (χ2v) is 7.91. The summed E-state index contributed by atoms with van der Waals surface area (Å²) in [5.74, 6) is 0.553. The fourth-order valence-electron chi connectivity index (χ4n) is 3.93. The number of aliphatic hydroxyl groups excluding tert-OH is 3. The molecule has 1 aromatic carbocycles. The van der Waals surface area contributed by atoms with Crippen LogP contribution in [0.2, 0.25) is 0 Å². The zero-order chi connectivity index (χ0) is 21.0. The van der Waals surface area contributed by atoms with Gasteiger partial charge in [-0.25, -0.2) is 0 Å². The van der Waals surface area contributed by atoms with Crippen LogP contribution in [0.3, 0.4) is 0 Å². The lowest BCUT2D eigenvalue weighted by molar-refractivity contribution is -0.268. The Bertz CT molecular complexity index is 774. The number of benzene rings is 1. The van der Waals surface area contributed by atoms with Crippen LogP contribution in [0.15, 0.2) is 24.4 Å². The Hall–Kier alpha value is -1.64. The first-order valence-corrected chi connectivity index (χ1v) is 10.6. The van der Waals surface area contributed by atoms with E-state index in [0.717, 1.165) is 49.8 Å². The molecule has 0 amide bonds. The number of aromatic amines is 1. The van der Waals surface area contributed by atoms with Gasteiger partial charge in [0.2, 0.25) is 6.29 Å². The molecule has 1 saturated heterocycles. The molecule has 29 heavy (non-hydrogen) atoms. The van der Waals surface area contributed by atoms with Crippen LogP contribution >= 0.6 is 0 Å². The summed E-state index contributed by atoms with van der Waals surface area (Å²) in [6, 6.07) is 5.68. The molecule has 7 nitrogen and oxygen atoms in total. The summed E-state index contributed by atoms with van der Waals surface area (Å²) in [7, 11) is 0. The molecule has 3 rings (SSSR count). The van der Waals surface area contributed by atoms with Crippen LogP contribution in [-0.2, 0) is 11.2 Å². The van der Waals surface area contributed by atoms with Crippen molar-refractivity contribution < 1.29 is 24.8 Å². The number of aliphatic hydroxyl groups is 3. The van der Waals surface area contributed by atoms with E-state index in [1.165, 1.54) is 5.56 Å². The van der Waals surface area contributed by atoms with Gasteiger partial charge in [0.05, 0.1) is 6.10 Å². The molecule has 0 saturated carbocycles. The predicted octanol–water partition coefficient (Wildman–Crippen LogP) is 2.04. The van der Waals surface area contributed by atoms with Gasteiger partial charge in [-0.1, -0.05) is 13.8 Å². The SMILES string of the molecule is CCCN(CCC)CCc1c[nH]c2ccc(OC3OC(C)C(O)C(O)C3O)cc12. The molecule has 0 radical (unpaired) electrons. The summed E-state index contributed by atoms with van der Waals surface area (Å²) in [6.07, 6.45) is -0.160. The topological polar surface area (TPSA) is 98.2 Å². The van der Waals surface area contributed by atoms with E-state index in [1.807, 2.05) is 18.3 Å². The molecule has 0 spiro atoms. The molecule has 0 bridgehead atoms. The highest BCUT2D eigenvalue weighted by Gasteiger charge is 2.43. The number of hydrogen-bond donors (Lipinski definition) is 4. The Balaban J connectivity index is 1.72. The van der Waals surface area contributed by atoms with E-state index in [0.29, 0.717) is 5.75 Å². The van der Waals surface area contributed by atoms with Crippen molar-refractivity contribution in [2.75, 3.05) is 19.6 Å². The third-order valence-corrected chi connectivity index (χ3v) is 5.58. The second-order valence-electron chi connectivity index (χ2n) is 7.91. The summed E-state index contributed by atoms with van der Waals surface area (Å²) in [5.41, 5.74) is 2.25. The van der Waals surface area contributed by atoms with Gasteiger partial charge in [0.1, 0.15) is 24.1 Å². The highest BCUT2D eigenvalue weighted by Crippen LogP contribution is 2.28. The predicted molar refractivity (Wildman–Crippen MR) is 112 cm³/mol. The van der Waals surface area contributed by atoms with E-state index in [4.69, 9.17) is 9.47 Å². The summed E-state index contributed by atoms with van der Waals surface area (Å²) < 4.78 is 11.4. The maximum absolute atomic E-state index is 10.2. The van der Waals surface area contributed by atoms with Gasteiger partial charge in [-0.05, 0) is 63.0 Å². The largest absolute Gasteiger partial charge is 0.462 e. The first-order chi connectivity index (χ1) is 13.9. The number of ether oxygens (including phenoxy) is 2. The normalized spacial score (nSPS) is 27.6. The molecule has 2 aromatic rings. The number of nitrogens with one attached hydrogen (secondary N) is 1. The Morgan fingerprint density at radius 1 is 1.03 bits per heavy atom. The standard InChI is InChI=1S/C22H34N2O5/c1-4-9-24(10-5-2)11-8-15-13-23-18-7-6-16(12-17(15)18)29-22-21(27)20(26)19(25)14(3)28-22/h6-7,12-14,19-23,25-27H,4-5,8-11H2,1-3H3. The van der Waals surface area contributed by atoms with E-state index in [9.17, 15) is 15.3 Å². The van der Waals surface area contributed by atoms with Crippen molar-refractivity contribution in [1.82, 2.24) is 9.88 Å². The average molecular weight is 407 g/mol. The quantitative estimate of drug-likeness (QED) is 0.509. The molecule has 1 aliphatic rings. The fraction of sp³-hybridized carbons (Fsp3) is 0.636. The molecule has 7 heteroatoms. The van der Waals surface area contributed by atoms with Gasteiger partial charge in [0.15, 0.2) is 0 Å². The monoisotopic (exact) mass is 406 g/mol. The van der Waals surface area contributed by atoms with Crippen molar-refractivity contribution in [3.63, 3.8) is 0 Å². The number of H-pyrrole nitrogens is 1. The molecular formula is C22H34N2O5. The number of aromatic nitrogens is 1. The van der Waals surface area contributed by atoms with E-state index in [1.54, 1.807) is 13.0 Å². The molecular weight excluding hydrogens is 372 g/mol. The first-order valence-electron chi connectivity index (χ1n) is 10.6. The zero-order valence-electron chi connectivity index (χ0n) is 17.5. The Morgan fingerprint density at radius 2 is 1.76 bits per heavy atom. The summed E-state index contributed by atoms with van der Waals surface area (Å²) in [4.78, 5) is 5.79. The van der Waals surface area contributed by atoms with Crippen molar-refractivity contribution in [1.29, 1.82) is 0 Å². The van der Waals surface area contributed by atoms with Crippen molar-refractivity contribution >= 4 is 10.9 Å². The van der Waals surface area contributed by atoms with Crippen molar-refractivity contribution in [2.24, 2.45) is 0 Å². The highest BCUT2D eigenvalue weighted by atomic mass is 16.7. The summed E-state index contributed by atoms with van der Waals surface area (Å²) >= 11 is 0. The minimum Gasteiger partial charge on any atom is -0.462 e. The molecule has 1 aromatic heterocycles. The van der Waals surface area contributed by atoms with Gasteiger partial charge < -0.3 is 34.7 Å². The lowest BCUT2D eigenvalue weighted by Gasteiger charge is -2.38. The Labute approximate surface area is 172 Å². The third-order valence-electron chi connectivity index (χ3n) is 5.58. The molecule has 2 heterocycles. The molecule has 1 fully saturated rings. The van der Waals surface area contributed by atoms with E-state index >= 15 is 0 Å². The molecule has 162 valence electrons. The van der Waals surface area contributed by atoms with Crippen LogP contribution in [0.4, 0.5) is 0 Å². The molecule has 0 aliphatic carbocycles. The third kappa shape index (κ3) is 5.10. The van der Waals surface area contributed by atoms with Gasteiger partial charge in [-0.2, -0.15) is 0 Å². The van der Waals surface area contributed by atoms with E-state index < -0.39 is 30.7 Å². The van der Waals surface area contributed by atoms with E-state index in [2.05, 4.69) is 23.7 Å². The average Bonchev–Trinajstić information content (AvgIpc) is 3.11. The number of rotatable bonds is 9. The first kappa shape index (κ1) is 22.1. The van der Waals surface area contributed by atoms with Crippen LogP contribution in [0.1, 0.15) is 39.2 Å². The van der Waals surface area contributed by atoms with Gasteiger partial charge in [0.25, 0.3) is 0 Å². The van der Waals surface area contributed by atoms with Crippen LogP contribution in [0, 0.1) is 0 Å². The smallest absolute Gasteiger partial charge is 0.229 e. The summed E-state index contributed by atoms with van der Waals surface area (Å²) in [5, 5.41) is 31.1. The Kier molecular flexibility index (Phi) is 7.54. The van der Waals surface area contributed by atoms with Crippen molar-refractivity contribution in [2.45, 2.75) is 70.7 Å². The van der Waals surface area contributed by atoms with E-state index in [-0.39, 0.29) is 0 Å². The maximum atomic E-state index is 10.2. The van der Waals surface area contributed by atoms with Crippen LogP contribution in [-0.4, -0.2) is 75.5 Å². The van der Waals surface area contributed by atoms with Crippen LogP contribution in [0.25, 0.3) is 10.9 Å². The van der Waals surface area contributed by atoms with Gasteiger partial charge in [0, 0.05) is 23.6 Å². The Morgan fingerprint density at radius 3 is 2.45 bits per heavy atom. The van der Waals surface area contributed by atoms with Crippen molar-refractivity contribution in [3.8, 4) is 5.75 Å². The van der Waals surface area contributed by atoms with Gasteiger partial charge >= 0.3 is 0 Å². The molecule has 1 aliphatic heterocycles. The lowest BCUT2D eigenvalue weighted by atomic mass is 10.00. The fourth-order valence-corrected chi connectivity index (χ4v) is 3.93. The molecule has 5 unspecified atom stereocenters. The van der Waals surface area contributed by atoms with Gasteiger partial charge in [-0.3, -0.25) is 0 Å². The minimum absolute atomic E-state index is 0.553. The zero-order valence-corrected chi connectivity index (χ0v) is 17.5. The van der Waals surface area contributed by atoms with Crippen LogP contribution in [0.5, 0.6) is 5.75 Å². The number of nitrogens with zero attached hydrogens (tertiary/aromatic N) is 1. The minimum atomic E-state index is -1.32. The molecule has 4 N–H and O–H groups in total. The van der Waals surface area contributed by atoms with Crippen LogP contribution < -0.4 is 4.74 Å². The number of hydrogen-bond acceptors (Lipinski definition) is 6. The highest BCUT2D eigenvalue weighted by molar-refractivity contribution is 5.84.